The molecule has 2 N–H and O–H groups in total. The van der Waals surface area contributed by atoms with Gasteiger partial charge in [-0.2, -0.15) is 9.57 Å². The average molecular weight is 491 g/mol. The highest BCUT2D eigenvalue weighted by atomic mass is 35.5. The van der Waals surface area contributed by atoms with Crippen LogP contribution in [0, 0.1) is 11.3 Å². The summed E-state index contributed by atoms with van der Waals surface area (Å²) in [6.07, 6.45) is 0. The lowest BCUT2D eigenvalue weighted by Gasteiger charge is -2.26. The lowest BCUT2D eigenvalue weighted by molar-refractivity contribution is 0.00160. The molecule has 2 atom stereocenters. The van der Waals surface area contributed by atoms with Gasteiger partial charge in [0.2, 0.25) is 10.0 Å². The molecule has 8 nitrogen and oxygen atoms in total. The zero-order valence-electron chi connectivity index (χ0n) is 15.2. The summed E-state index contributed by atoms with van der Waals surface area (Å²) in [5, 5.41) is 27.9. The predicted octanol–water partition coefficient (Wildman–Crippen LogP) is 1.44. The third kappa shape index (κ3) is 3.94. The van der Waals surface area contributed by atoms with E-state index in [0.717, 1.165) is 10.4 Å². The number of sulfone groups is 1. The Morgan fingerprint density at radius 1 is 1.13 bits per heavy atom. The second-order valence-corrected chi connectivity index (χ2v) is 11.7. The monoisotopic (exact) mass is 490 g/mol. The third-order valence-corrected chi connectivity index (χ3v) is 9.70. The number of hydrogen-bond acceptors (Lipinski definition) is 7. The summed E-state index contributed by atoms with van der Waals surface area (Å²) in [5.74, 6) is 0. The van der Waals surface area contributed by atoms with E-state index in [9.17, 15) is 27.0 Å². The van der Waals surface area contributed by atoms with Crippen molar-refractivity contribution in [2.45, 2.75) is 20.6 Å². The molecule has 3 rings (SSSR count). The Balaban J connectivity index is 2.02. The molecule has 1 fully saturated rings. The van der Waals surface area contributed by atoms with Crippen molar-refractivity contribution in [3.63, 3.8) is 0 Å². The fourth-order valence-corrected chi connectivity index (χ4v) is 7.46. The van der Waals surface area contributed by atoms with Crippen molar-refractivity contribution in [1.29, 1.82) is 5.26 Å². The lowest BCUT2D eigenvalue weighted by Crippen LogP contribution is -2.49. The highest BCUT2D eigenvalue weighted by Crippen LogP contribution is 2.36. The van der Waals surface area contributed by atoms with Crippen LogP contribution in [-0.4, -0.2) is 61.9 Å². The van der Waals surface area contributed by atoms with E-state index in [0.29, 0.717) is 5.02 Å². The fourth-order valence-electron chi connectivity index (χ4n) is 3.26. The smallest absolute Gasteiger partial charge is 0.244 e. The maximum atomic E-state index is 13.1. The van der Waals surface area contributed by atoms with Crippen LogP contribution in [0.5, 0.6) is 0 Å². The third-order valence-electron chi connectivity index (χ3n) is 4.89. The molecule has 1 saturated heterocycles. The number of nitriles is 1. The standard InChI is InChI=1S/C18H16Cl2N2O6S2/c19-13-2-4-14(5-3-13)29(25,26)17-9-22(10-18(17,24)11-23)30(27,28)16-6-1-12(8-21)7-15(16)20/h1-7,17,23-24H,9-11H2/t17-,18+/m0/s1. The van der Waals surface area contributed by atoms with Gasteiger partial charge in [0.05, 0.1) is 28.2 Å². The molecule has 1 heterocycles. The summed E-state index contributed by atoms with van der Waals surface area (Å²) in [7, 11) is -8.54. The van der Waals surface area contributed by atoms with Crippen LogP contribution in [-0.2, 0) is 19.9 Å². The molecule has 0 aromatic heterocycles. The van der Waals surface area contributed by atoms with E-state index in [-0.39, 0.29) is 20.4 Å². The number of sulfonamides is 1. The molecule has 0 amide bonds. The Hall–Kier alpha value is -1.71. The molecule has 0 radical (unpaired) electrons. The van der Waals surface area contributed by atoms with Gasteiger partial charge in [-0.1, -0.05) is 23.2 Å². The molecular weight excluding hydrogens is 475 g/mol. The molecule has 160 valence electrons. The molecule has 0 aliphatic carbocycles. The number of β-amino-alcohol motifs (C(OH)–C–C–N with tert-alkyl or cyclic N) is 1. The van der Waals surface area contributed by atoms with Crippen LogP contribution in [0.2, 0.25) is 10.0 Å². The number of aliphatic hydroxyl groups is 2. The Kier molecular flexibility index (Phi) is 6.19. The second-order valence-electron chi connectivity index (χ2n) is 6.80. The van der Waals surface area contributed by atoms with Gasteiger partial charge in [-0.05, 0) is 42.5 Å². The van der Waals surface area contributed by atoms with E-state index in [4.69, 9.17) is 28.5 Å². The molecule has 1 aliphatic heterocycles. The van der Waals surface area contributed by atoms with Crippen LogP contribution >= 0.6 is 23.2 Å². The van der Waals surface area contributed by atoms with E-state index in [1.54, 1.807) is 0 Å². The van der Waals surface area contributed by atoms with Crippen LogP contribution in [0.1, 0.15) is 5.56 Å². The lowest BCUT2D eigenvalue weighted by atomic mass is 10.1. The first-order chi connectivity index (χ1) is 14.0. The Morgan fingerprint density at radius 3 is 2.30 bits per heavy atom. The van der Waals surface area contributed by atoms with Gasteiger partial charge in [-0.15, -0.1) is 0 Å². The molecule has 30 heavy (non-hydrogen) atoms. The number of benzene rings is 2. The van der Waals surface area contributed by atoms with Crippen LogP contribution in [0.25, 0.3) is 0 Å². The topological polar surface area (TPSA) is 136 Å². The number of nitrogens with zero attached hydrogens (tertiary/aromatic N) is 2. The first-order valence-corrected chi connectivity index (χ1v) is 12.2. The molecule has 2 aromatic carbocycles. The molecule has 1 aliphatic rings. The van der Waals surface area contributed by atoms with Crippen LogP contribution in [0.4, 0.5) is 0 Å². The van der Waals surface area contributed by atoms with Crippen molar-refractivity contribution in [1.82, 2.24) is 4.31 Å². The quantitative estimate of drug-likeness (QED) is 0.646. The molecule has 2 aromatic rings. The Labute approximate surface area is 183 Å². The van der Waals surface area contributed by atoms with E-state index in [1.165, 1.54) is 36.4 Å². The van der Waals surface area contributed by atoms with Gasteiger partial charge in [0, 0.05) is 18.1 Å². The summed E-state index contributed by atoms with van der Waals surface area (Å²) >= 11 is 11.8. The van der Waals surface area contributed by atoms with Crippen LogP contribution in [0.15, 0.2) is 52.3 Å². The zero-order chi connectivity index (χ0) is 22.3. The van der Waals surface area contributed by atoms with Gasteiger partial charge in [0.25, 0.3) is 0 Å². The number of aliphatic hydroxyl groups excluding tert-OH is 1. The Morgan fingerprint density at radius 2 is 1.77 bits per heavy atom. The summed E-state index contributed by atoms with van der Waals surface area (Å²) in [6.45, 7) is -2.22. The minimum Gasteiger partial charge on any atom is -0.393 e. The van der Waals surface area contributed by atoms with Crippen molar-refractivity contribution < 1.29 is 27.0 Å². The zero-order valence-corrected chi connectivity index (χ0v) is 18.4. The summed E-state index contributed by atoms with van der Waals surface area (Å²) in [5.41, 5.74) is -2.08. The van der Waals surface area contributed by atoms with E-state index in [1.807, 2.05) is 6.07 Å². The first-order valence-electron chi connectivity index (χ1n) is 8.48. The average Bonchev–Trinajstić information content (AvgIpc) is 3.08. The molecule has 0 unspecified atom stereocenters. The number of rotatable bonds is 5. The van der Waals surface area contributed by atoms with Crippen molar-refractivity contribution in [3.05, 3.63) is 58.1 Å². The van der Waals surface area contributed by atoms with Gasteiger partial charge in [-0.3, -0.25) is 0 Å². The van der Waals surface area contributed by atoms with Gasteiger partial charge >= 0.3 is 0 Å². The van der Waals surface area contributed by atoms with Crippen molar-refractivity contribution in [2.24, 2.45) is 0 Å². The molecular formula is C18H16Cl2N2O6S2. The first kappa shape index (κ1) is 23.0. The number of halogens is 2. The fraction of sp³-hybridized carbons (Fsp3) is 0.278. The molecule has 0 bridgehead atoms. The summed E-state index contributed by atoms with van der Waals surface area (Å²) < 4.78 is 53.1. The Bertz CT molecular complexity index is 1230. The highest BCUT2D eigenvalue weighted by molar-refractivity contribution is 7.92. The predicted molar refractivity (Wildman–Crippen MR) is 109 cm³/mol. The number of hydrogen-bond donors (Lipinski definition) is 2. The van der Waals surface area contributed by atoms with Gasteiger partial charge < -0.3 is 10.2 Å². The van der Waals surface area contributed by atoms with Gasteiger partial charge in [0.15, 0.2) is 9.84 Å². The SMILES string of the molecule is N#Cc1ccc(S(=O)(=O)N2C[C@H](S(=O)(=O)c3ccc(Cl)cc3)[C@](O)(CO)C2)c(Cl)c1. The normalized spacial score (nSPS) is 22.7. The highest BCUT2D eigenvalue weighted by Gasteiger charge is 2.55. The largest absolute Gasteiger partial charge is 0.393 e. The van der Waals surface area contributed by atoms with Gasteiger partial charge in [0.1, 0.15) is 15.7 Å². The van der Waals surface area contributed by atoms with E-state index in [2.05, 4.69) is 0 Å². The second kappa shape index (κ2) is 8.09. The van der Waals surface area contributed by atoms with E-state index < -0.39 is 50.4 Å². The minimum absolute atomic E-state index is 0.149. The maximum Gasteiger partial charge on any atom is 0.244 e. The summed E-state index contributed by atoms with van der Waals surface area (Å²) in [6, 6.07) is 10.6. The van der Waals surface area contributed by atoms with Crippen molar-refractivity contribution >= 4 is 43.1 Å². The summed E-state index contributed by atoms with van der Waals surface area (Å²) in [4.78, 5) is -0.507. The molecule has 0 saturated carbocycles. The molecule has 12 heteroatoms. The maximum absolute atomic E-state index is 13.1. The van der Waals surface area contributed by atoms with Crippen molar-refractivity contribution in [2.75, 3.05) is 19.7 Å². The van der Waals surface area contributed by atoms with Crippen LogP contribution in [0.3, 0.4) is 0 Å². The van der Waals surface area contributed by atoms with Crippen LogP contribution < -0.4 is 0 Å². The molecule has 0 spiro atoms. The van der Waals surface area contributed by atoms with Crippen molar-refractivity contribution in [3.8, 4) is 6.07 Å². The minimum atomic E-state index is -4.32. The van der Waals surface area contributed by atoms with Gasteiger partial charge in [-0.25, -0.2) is 16.8 Å². The van der Waals surface area contributed by atoms with E-state index >= 15 is 0 Å².